The first-order valence-electron chi connectivity index (χ1n) is 9.23. The normalized spacial score (nSPS) is 22.0. The van der Waals surface area contributed by atoms with Crippen LogP contribution in [0, 0.1) is 0 Å². The summed E-state index contributed by atoms with van der Waals surface area (Å²) in [5.41, 5.74) is 1.07. The average Bonchev–Trinajstić information content (AvgIpc) is 3.39. The molecule has 142 valence electrons. The van der Waals surface area contributed by atoms with E-state index in [4.69, 9.17) is 16.7 Å². The van der Waals surface area contributed by atoms with E-state index in [2.05, 4.69) is 5.32 Å². The first-order valence-corrected chi connectivity index (χ1v) is 9.61. The molecule has 2 aliphatic carbocycles. The number of aliphatic carboxylic acids is 1. The second-order valence-electron chi connectivity index (χ2n) is 7.21. The maximum atomic E-state index is 12.7. The van der Waals surface area contributed by atoms with Crippen molar-refractivity contribution >= 4 is 23.6 Å². The van der Waals surface area contributed by atoms with Gasteiger partial charge in [-0.2, -0.15) is 0 Å². The fourth-order valence-electron chi connectivity index (χ4n) is 3.47. The summed E-state index contributed by atoms with van der Waals surface area (Å²) < 4.78 is 0. The minimum atomic E-state index is -0.804. The molecule has 2 fully saturated rings. The molecular formula is C19H26ClN3O3. The topological polar surface area (TPSA) is 72.9 Å². The van der Waals surface area contributed by atoms with E-state index in [1.54, 1.807) is 0 Å². The van der Waals surface area contributed by atoms with Crippen molar-refractivity contribution in [1.82, 2.24) is 15.1 Å². The Bertz CT molecular complexity index is 642. The smallest absolute Gasteiger partial charge is 0.318 e. The summed E-state index contributed by atoms with van der Waals surface area (Å²) in [6.07, 6.45) is 3.73. The van der Waals surface area contributed by atoms with E-state index in [0.717, 1.165) is 31.2 Å². The van der Waals surface area contributed by atoms with Crippen molar-refractivity contribution in [3.63, 3.8) is 0 Å². The number of likely N-dealkylation sites (N-methyl/N-ethyl adjacent to an activating group) is 1. The number of nitrogens with zero attached hydrogens (tertiary/aromatic N) is 2. The van der Waals surface area contributed by atoms with Crippen LogP contribution < -0.4 is 5.32 Å². The largest absolute Gasteiger partial charge is 0.480 e. The Kier molecular flexibility index (Phi) is 6.04. The molecule has 1 aromatic rings. The minimum Gasteiger partial charge on any atom is -0.480 e. The lowest BCUT2D eigenvalue weighted by molar-refractivity contribution is -0.139. The number of hydrogen-bond donors (Lipinski definition) is 2. The molecule has 0 aromatic heterocycles. The van der Waals surface area contributed by atoms with E-state index in [1.165, 1.54) is 0 Å². The number of carbonyl (C=O) groups is 2. The lowest BCUT2D eigenvalue weighted by Crippen LogP contribution is -2.57. The molecule has 2 aliphatic rings. The standard InChI is InChI=1S/C19H26ClN3O3/c1-2-22(12-18(24)25)17-9-15(10-17)21-19(26)23(16-7-8-16)11-13-3-5-14(20)6-4-13/h3-6,15-17H,2,7-12H2,1H3,(H,21,26)(H,24,25). The lowest BCUT2D eigenvalue weighted by atomic mass is 9.85. The van der Waals surface area contributed by atoms with Gasteiger partial charge >= 0.3 is 12.0 Å². The second kappa shape index (κ2) is 8.27. The van der Waals surface area contributed by atoms with E-state index in [0.29, 0.717) is 24.2 Å². The predicted octanol–water partition coefficient (Wildman–Crippen LogP) is 2.95. The third kappa shape index (κ3) is 4.89. The van der Waals surface area contributed by atoms with Gasteiger partial charge in [-0.1, -0.05) is 30.7 Å². The van der Waals surface area contributed by atoms with Crippen LogP contribution >= 0.6 is 11.6 Å². The number of rotatable bonds is 8. The van der Waals surface area contributed by atoms with Crippen LogP contribution in [0.15, 0.2) is 24.3 Å². The van der Waals surface area contributed by atoms with Gasteiger partial charge in [0.05, 0.1) is 6.54 Å². The monoisotopic (exact) mass is 379 g/mol. The molecule has 0 aliphatic heterocycles. The van der Waals surface area contributed by atoms with Crippen LogP contribution in [0.4, 0.5) is 4.79 Å². The molecule has 6 nitrogen and oxygen atoms in total. The zero-order chi connectivity index (χ0) is 18.7. The van der Waals surface area contributed by atoms with Gasteiger partial charge in [0, 0.05) is 29.7 Å². The average molecular weight is 380 g/mol. The van der Waals surface area contributed by atoms with Crippen LogP contribution in [0.5, 0.6) is 0 Å². The number of urea groups is 1. The minimum absolute atomic E-state index is 0.0211. The van der Waals surface area contributed by atoms with Crippen molar-refractivity contribution in [2.24, 2.45) is 0 Å². The van der Waals surface area contributed by atoms with E-state index < -0.39 is 5.97 Å². The maximum absolute atomic E-state index is 12.7. The molecule has 0 heterocycles. The highest BCUT2D eigenvalue weighted by atomic mass is 35.5. The molecule has 1 aromatic carbocycles. The molecule has 26 heavy (non-hydrogen) atoms. The lowest BCUT2D eigenvalue weighted by Gasteiger charge is -2.42. The van der Waals surface area contributed by atoms with Crippen molar-refractivity contribution in [2.75, 3.05) is 13.1 Å². The van der Waals surface area contributed by atoms with E-state index in [-0.39, 0.29) is 24.7 Å². The molecule has 0 saturated heterocycles. The number of halogens is 1. The van der Waals surface area contributed by atoms with Gasteiger partial charge in [-0.3, -0.25) is 9.69 Å². The molecule has 2 amide bonds. The summed E-state index contributed by atoms with van der Waals surface area (Å²) in [4.78, 5) is 27.5. The van der Waals surface area contributed by atoms with Crippen molar-refractivity contribution in [1.29, 1.82) is 0 Å². The molecule has 3 rings (SSSR count). The number of nitrogens with one attached hydrogen (secondary N) is 1. The predicted molar refractivity (Wildman–Crippen MR) is 100 cm³/mol. The van der Waals surface area contributed by atoms with Gasteiger partial charge in [0.15, 0.2) is 0 Å². The van der Waals surface area contributed by atoms with Crippen LogP contribution in [0.2, 0.25) is 5.02 Å². The first-order chi connectivity index (χ1) is 12.5. The number of carboxylic acids is 1. The van der Waals surface area contributed by atoms with Crippen LogP contribution in [0.1, 0.15) is 38.2 Å². The first kappa shape index (κ1) is 19.0. The van der Waals surface area contributed by atoms with Gasteiger partial charge in [-0.25, -0.2) is 4.79 Å². The Morgan fingerprint density at radius 2 is 1.85 bits per heavy atom. The Hall–Kier alpha value is -1.79. The third-order valence-corrected chi connectivity index (χ3v) is 5.47. The maximum Gasteiger partial charge on any atom is 0.318 e. The highest BCUT2D eigenvalue weighted by Crippen LogP contribution is 2.30. The Balaban J connectivity index is 1.50. The van der Waals surface area contributed by atoms with Crippen LogP contribution in [-0.4, -0.2) is 58.1 Å². The van der Waals surface area contributed by atoms with E-state index in [1.807, 2.05) is 41.0 Å². The molecule has 0 radical (unpaired) electrons. The van der Waals surface area contributed by atoms with Gasteiger partial charge in [-0.05, 0) is 49.9 Å². The molecule has 2 N–H and O–H groups in total. The Morgan fingerprint density at radius 1 is 1.19 bits per heavy atom. The fourth-order valence-corrected chi connectivity index (χ4v) is 3.60. The van der Waals surface area contributed by atoms with Gasteiger partial charge in [0.1, 0.15) is 0 Å². The summed E-state index contributed by atoms with van der Waals surface area (Å²) in [5, 5.41) is 12.8. The van der Waals surface area contributed by atoms with E-state index in [9.17, 15) is 9.59 Å². The Morgan fingerprint density at radius 3 is 2.38 bits per heavy atom. The molecule has 7 heteroatoms. The van der Waals surface area contributed by atoms with Gasteiger partial charge in [0.2, 0.25) is 0 Å². The third-order valence-electron chi connectivity index (χ3n) is 5.22. The van der Waals surface area contributed by atoms with Crippen molar-refractivity contribution < 1.29 is 14.7 Å². The molecule has 0 unspecified atom stereocenters. The summed E-state index contributed by atoms with van der Waals surface area (Å²) in [5.74, 6) is -0.804. The fraction of sp³-hybridized carbons (Fsp3) is 0.579. The molecule has 0 bridgehead atoms. The number of carboxylic acid groups (broad SMARTS) is 1. The molecule has 0 atom stereocenters. The Labute approximate surface area is 159 Å². The molecule has 2 saturated carbocycles. The summed E-state index contributed by atoms with van der Waals surface area (Å²) >= 11 is 5.93. The van der Waals surface area contributed by atoms with Crippen LogP contribution in [0.25, 0.3) is 0 Å². The van der Waals surface area contributed by atoms with E-state index >= 15 is 0 Å². The second-order valence-corrected chi connectivity index (χ2v) is 7.65. The van der Waals surface area contributed by atoms with Crippen LogP contribution in [0.3, 0.4) is 0 Å². The number of hydrogen-bond acceptors (Lipinski definition) is 3. The highest BCUT2D eigenvalue weighted by molar-refractivity contribution is 6.30. The van der Waals surface area contributed by atoms with Crippen molar-refractivity contribution in [3.05, 3.63) is 34.9 Å². The molecule has 0 spiro atoms. The van der Waals surface area contributed by atoms with Gasteiger partial charge in [-0.15, -0.1) is 0 Å². The summed E-state index contributed by atoms with van der Waals surface area (Å²) in [6, 6.07) is 8.27. The van der Waals surface area contributed by atoms with Gasteiger partial charge < -0.3 is 15.3 Å². The number of carbonyl (C=O) groups excluding carboxylic acids is 1. The summed E-state index contributed by atoms with van der Waals surface area (Å²) in [7, 11) is 0. The number of benzene rings is 1. The zero-order valence-electron chi connectivity index (χ0n) is 15.0. The number of amides is 2. The highest BCUT2D eigenvalue weighted by Gasteiger charge is 2.38. The zero-order valence-corrected chi connectivity index (χ0v) is 15.8. The van der Waals surface area contributed by atoms with Crippen LogP contribution in [-0.2, 0) is 11.3 Å². The van der Waals surface area contributed by atoms with Crippen molar-refractivity contribution in [2.45, 2.75) is 57.3 Å². The van der Waals surface area contributed by atoms with Gasteiger partial charge in [0.25, 0.3) is 0 Å². The van der Waals surface area contributed by atoms with Crippen molar-refractivity contribution in [3.8, 4) is 0 Å². The molecular weight excluding hydrogens is 354 g/mol. The quantitative estimate of drug-likeness (QED) is 0.728. The SMILES string of the molecule is CCN(CC(=O)O)C1CC(NC(=O)N(Cc2ccc(Cl)cc2)C2CC2)C1. The summed E-state index contributed by atoms with van der Waals surface area (Å²) in [6.45, 7) is 3.33.